The third-order valence-corrected chi connectivity index (χ3v) is 2.55. The normalized spacial score (nSPS) is 10.3. The number of nitrogens with zero attached hydrogens (tertiary/aromatic N) is 2. The van der Waals surface area contributed by atoms with E-state index in [0.29, 0.717) is 17.2 Å². The number of carbonyl (C=O) groups is 1. The van der Waals surface area contributed by atoms with Gasteiger partial charge in [0, 0.05) is 0 Å². The summed E-state index contributed by atoms with van der Waals surface area (Å²) in [5, 5.41) is 3.82. The van der Waals surface area contributed by atoms with E-state index in [4.69, 9.17) is 15.2 Å². The molecule has 1 aromatic heterocycles. The zero-order chi connectivity index (χ0) is 16.5. The summed E-state index contributed by atoms with van der Waals surface area (Å²) in [5.74, 6) is 0.387. The maximum Gasteiger partial charge on any atom is 0.349 e. The van der Waals surface area contributed by atoms with Gasteiger partial charge in [0.25, 0.3) is 0 Å². The van der Waals surface area contributed by atoms with Crippen LogP contribution in [-0.2, 0) is 4.79 Å². The maximum absolute atomic E-state index is 11.7. The summed E-state index contributed by atoms with van der Waals surface area (Å²) in [4.78, 5) is 15.7. The molecule has 0 amide bonds. The number of para-hydroxylation sites is 1. The van der Waals surface area contributed by atoms with Crippen molar-refractivity contribution in [3.05, 3.63) is 54.4 Å². The Morgan fingerprint density at radius 2 is 2.04 bits per heavy atom. The highest BCUT2D eigenvalue weighted by atomic mass is 32.1. The van der Waals surface area contributed by atoms with Crippen LogP contribution >= 0.6 is 12.2 Å². The van der Waals surface area contributed by atoms with E-state index in [9.17, 15) is 4.79 Å². The monoisotopic (exact) mass is 330 g/mol. The van der Waals surface area contributed by atoms with Crippen molar-refractivity contribution in [2.24, 2.45) is 10.8 Å². The summed E-state index contributed by atoms with van der Waals surface area (Å²) < 4.78 is 10.4. The van der Waals surface area contributed by atoms with Gasteiger partial charge in [0.15, 0.2) is 11.7 Å². The number of nitrogens with one attached hydrogen (secondary N) is 1. The lowest BCUT2D eigenvalue weighted by atomic mass is 10.3. The highest BCUT2D eigenvalue weighted by Gasteiger charge is 2.06. The molecular formula is C15H14N4O3S. The fraction of sp³-hybridized carbons (Fsp3) is 0.0667. The molecule has 8 heteroatoms. The van der Waals surface area contributed by atoms with E-state index in [-0.39, 0.29) is 11.7 Å². The van der Waals surface area contributed by atoms with E-state index in [1.54, 1.807) is 24.3 Å². The number of ether oxygens (including phenoxy) is 2. The van der Waals surface area contributed by atoms with Gasteiger partial charge in [-0.2, -0.15) is 5.10 Å². The third-order valence-electron chi connectivity index (χ3n) is 2.46. The average Bonchev–Trinajstić information content (AvgIpc) is 2.55. The Bertz CT molecular complexity index is 690. The van der Waals surface area contributed by atoms with Gasteiger partial charge in [0.05, 0.1) is 18.1 Å². The molecule has 7 nitrogen and oxygen atoms in total. The Kier molecular flexibility index (Phi) is 6.01. The van der Waals surface area contributed by atoms with E-state index in [1.807, 2.05) is 18.2 Å². The van der Waals surface area contributed by atoms with Crippen molar-refractivity contribution in [2.75, 3.05) is 6.61 Å². The van der Waals surface area contributed by atoms with Crippen molar-refractivity contribution in [2.45, 2.75) is 0 Å². The topological polar surface area (TPSA) is 98.8 Å². The molecule has 0 bridgehead atoms. The zero-order valence-electron chi connectivity index (χ0n) is 12.0. The standard InChI is InChI=1S/C15H14N4O3S/c16-15(23)19-18-8-11-6-7-13(9-17-11)22-14(20)10-21-12-4-2-1-3-5-12/h1-9H,10H2,(H3,16,19,23)/b18-8-. The molecule has 0 saturated heterocycles. The number of hydrazone groups is 1. The highest BCUT2D eigenvalue weighted by Crippen LogP contribution is 2.10. The number of thiocarbonyl (C=S) groups is 1. The first-order valence-electron chi connectivity index (χ1n) is 6.56. The van der Waals surface area contributed by atoms with E-state index in [0.717, 1.165) is 0 Å². The first-order chi connectivity index (χ1) is 11.1. The molecule has 2 aromatic rings. The van der Waals surface area contributed by atoms with Crippen LogP contribution in [0.1, 0.15) is 5.69 Å². The summed E-state index contributed by atoms with van der Waals surface area (Å²) in [7, 11) is 0. The Morgan fingerprint density at radius 1 is 1.26 bits per heavy atom. The van der Waals surface area contributed by atoms with Crippen molar-refractivity contribution in [3.63, 3.8) is 0 Å². The molecule has 1 aromatic carbocycles. The van der Waals surface area contributed by atoms with Gasteiger partial charge in [-0.25, -0.2) is 4.79 Å². The molecule has 0 spiro atoms. The van der Waals surface area contributed by atoms with Crippen molar-refractivity contribution in [3.8, 4) is 11.5 Å². The Balaban J connectivity index is 1.82. The molecule has 0 fully saturated rings. The van der Waals surface area contributed by atoms with Crippen LogP contribution in [0, 0.1) is 0 Å². The molecule has 0 unspecified atom stereocenters. The molecule has 1 heterocycles. The summed E-state index contributed by atoms with van der Waals surface area (Å²) in [6, 6.07) is 12.2. The molecular weight excluding hydrogens is 316 g/mol. The average molecular weight is 330 g/mol. The summed E-state index contributed by atoms with van der Waals surface area (Å²) in [6.45, 7) is -0.189. The van der Waals surface area contributed by atoms with E-state index in [2.05, 4.69) is 27.7 Å². The van der Waals surface area contributed by atoms with Crippen molar-refractivity contribution < 1.29 is 14.3 Å². The van der Waals surface area contributed by atoms with Crippen LogP contribution in [0.5, 0.6) is 11.5 Å². The lowest BCUT2D eigenvalue weighted by Gasteiger charge is -2.06. The Labute approximate surface area is 138 Å². The van der Waals surface area contributed by atoms with Crippen molar-refractivity contribution in [1.82, 2.24) is 10.4 Å². The molecule has 0 aliphatic heterocycles. The molecule has 3 N–H and O–H groups in total. The Morgan fingerprint density at radius 3 is 2.70 bits per heavy atom. The van der Waals surface area contributed by atoms with Crippen LogP contribution in [0.15, 0.2) is 53.8 Å². The van der Waals surface area contributed by atoms with Crippen LogP contribution in [0.3, 0.4) is 0 Å². The van der Waals surface area contributed by atoms with Gasteiger partial charge in [-0.05, 0) is 36.5 Å². The molecule has 118 valence electrons. The van der Waals surface area contributed by atoms with Gasteiger partial charge in [-0.15, -0.1) is 0 Å². The molecule has 0 radical (unpaired) electrons. The molecule has 0 aliphatic carbocycles. The number of pyridine rings is 1. The van der Waals surface area contributed by atoms with E-state index in [1.165, 1.54) is 12.4 Å². The first-order valence-corrected chi connectivity index (χ1v) is 6.97. The van der Waals surface area contributed by atoms with Crippen molar-refractivity contribution in [1.29, 1.82) is 0 Å². The number of nitrogens with two attached hydrogens (primary N) is 1. The molecule has 23 heavy (non-hydrogen) atoms. The van der Waals surface area contributed by atoms with Crippen LogP contribution < -0.4 is 20.6 Å². The minimum atomic E-state index is -0.521. The summed E-state index contributed by atoms with van der Waals surface area (Å²) in [6.07, 6.45) is 2.84. The number of rotatable bonds is 6. The van der Waals surface area contributed by atoms with Crippen LogP contribution in [0.25, 0.3) is 0 Å². The van der Waals surface area contributed by atoms with Crippen molar-refractivity contribution >= 4 is 29.5 Å². The number of benzene rings is 1. The zero-order valence-corrected chi connectivity index (χ0v) is 12.8. The van der Waals surface area contributed by atoms with Crippen LogP contribution in [0.4, 0.5) is 0 Å². The number of esters is 1. The lowest BCUT2D eigenvalue weighted by Crippen LogP contribution is -2.24. The van der Waals surface area contributed by atoms with Gasteiger partial charge < -0.3 is 15.2 Å². The molecule has 0 atom stereocenters. The second kappa shape index (κ2) is 8.44. The minimum Gasteiger partial charge on any atom is -0.482 e. The summed E-state index contributed by atoms with van der Waals surface area (Å²) in [5.41, 5.74) is 8.18. The van der Waals surface area contributed by atoms with Gasteiger partial charge >= 0.3 is 5.97 Å². The third kappa shape index (κ3) is 6.10. The summed E-state index contributed by atoms with van der Waals surface area (Å²) >= 11 is 4.60. The second-order valence-electron chi connectivity index (χ2n) is 4.23. The predicted molar refractivity (Wildman–Crippen MR) is 89.3 cm³/mol. The van der Waals surface area contributed by atoms with Gasteiger partial charge in [-0.1, -0.05) is 18.2 Å². The highest BCUT2D eigenvalue weighted by molar-refractivity contribution is 7.80. The largest absolute Gasteiger partial charge is 0.482 e. The van der Waals surface area contributed by atoms with Crippen LogP contribution in [0.2, 0.25) is 0 Å². The fourth-order valence-electron chi connectivity index (χ4n) is 1.51. The number of hydrogen-bond acceptors (Lipinski definition) is 6. The fourth-order valence-corrected chi connectivity index (χ4v) is 1.56. The SMILES string of the molecule is NC(=S)N/N=C\c1ccc(OC(=O)COc2ccccc2)cn1. The van der Waals surface area contributed by atoms with E-state index < -0.39 is 5.97 Å². The molecule has 0 saturated carbocycles. The quantitative estimate of drug-likeness (QED) is 0.356. The second-order valence-corrected chi connectivity index (χ2v) is 4.67. The lowest BCUT2D eigenvalue weighted by molar-refractivity contribution is -0.136. The number of hydrogen-bond donors (Lipinski definition) is 2. The minimum absolute atomic E-state index is 0.0604. The van der Waals surface area contributed by atoms with Gasteiger partial charge in [0.2, 0.25) is 0 Å². The van der Waals surface area contributed by atoms with Gasteiger partial charge in [-0.3, -0.25) is 10.4 Å². The maximum atomic E-state index is 11.7. The van der Waals surface area contributed by atoms with Crippen LogP contribution in [-0.4, -0.2) is 28.9 Å². The van der Waals surface area contributed by atoms with Gasteiger partial charge in [0.1, 0.15) is 11.5 Å². The van der Waals surface area contributed by atoms with E-state index >= 15 is 0 Å². The Hall–Kier alpha value is -3.00. The predicted octanol–water partition coefficient (Wildman–Crippen LogP) is 1.23. The molecule has 0 aliphatic rings. The molecule has 2 rings (SSSR count). The number of aromatic nitrogens is 1. The number of carbonyl (C=O) groups excluding carboxylic acids is 1. The smallest absolute Gasteiger partial charge is 0.349 e. The first kappa shape index (κ1) is 16.4.